The van der Waals surface area contributed by atoms with Gasteiger partial charge in [0.05, 0.1) is 0 Å². The van der Waals surface area contributed by atoms with Gasteiger partial charge < -0.3 is 11.1 Å². The summed E-state index contributed by atoms with van der Waals surface area (Å²) in [5.41, 5.74) is 5.56. The molecule has 0 radical (unpaired) electrons. The zero-order valence-corrected chi connectivity index (χ0v) is 13.3. The van der Waals surface area contributed by atoms with E-state index < -0.39 is 12.3 Å². The highest BCUT2D eigenvalue weighted by Crippen LogP contribution is 2.29. The number of amides is 1. The van der Waals surface area contributed by atoms with Gasteiger partial charge in [-0.25, -0.2) is 8.78 Å². The lowest BCUT2D eigenvalue weighted by molar-refractivity contribution is 0.0908. The van der Waals surface area contributed by atoms with Crippen LogP contribution in [0.5, 0.6) is 0 Å². The molecular formula is C14H21ClF2N2OS. The average molecular weight is 339 g/mol. The number of nitrogens with one attached hydrogen (secondary N) is 1. The van der Waals surface area contributed by atoms with Crippen molar-refractivity contribution in [1.29, 1.82) is 0 Å². The monoisotopic (exact) mass is 338 g/mol. The van der Waals surface area contributed by atoms with Crippen LogP contribution in [0.3, 0.4) is 0 Å². The summed E-state index contributed by atoms with van der Waals surface area (Å²) >= 11 is 1.05. The van der Waals surface area contributed by atoms with E-state index in [-0.39, 0.29) is 28.9 Å². The first-order valence-electron chi connectivity index (χ1n) is 7.00. The van der Waals surface area contributed by atoms with Gasteiger partial charge in [0, 0.05) is 18.2 Å². The van der Waals surface area contributed by atoms with Crippen molar-refractivity contribution in [2.75, 3.05) is 6.54 Å². The summed E-state index contributed by atoms with van der Waals surface area (Å²) in [6.45, 7) is 0.353. The highest BCUT2D eigenvalue weighted by atomic mass is 35.5. The lowest BCUT2D eigenvalue weighted by Crippen LogP contribution is -2.45. The van der Waals surface area contributed by atoms with E-state index in [0.29, 0.717) is 12.5 Å². The first kappa shape index (κ1) is 18.3. The zero-order valence-electron chi connectivity index (χ0n) is 11.7. The molecule has 1 fully saturated rings. The fraction of sp³-hybridized carbons (Fsp3) is 0.643. The Morgan fingerprint density at radius 2 is 2.05 bits per heavy atom. The summed E-state index contributed by atoms with van der Waals surface area (Å²) < 4.78 is 25.6. The molecule has 0 bridgehead atoms. The third-order valence-electron chi connectivity index (χ3n) is 3.93. The van der Waals surface area contributed by atoms with E-state index >= 15 is 0 Å². The van der Waals surface area contributed by atoms with Crippen LogP contribution in [-0.2, 0) is 0 Å². The first-order valence-corrected chi connectivity index (χ1v) is 7.88. The predicted molar refractivity (Wildman–Crippen MR) is 83.4 cm³/mol. The second-order valence-corrected chi connectivity index (χ2v) is 6.14. The Balaban J connectivity index is 0.00000220. The molecule has 1 saturated carbocycles. The molecule has 1 amide bonds. The van der Waals surface area contributed by atoms with E-state index in [1.807, 2.05) is 0 Å². The molecule has 0 unspecified atom stereocenters. The van der Waals surface area contributed by atoms with Crippen LogP contribution in [-0.4, -0.2) is 18.5 Å². The van der Waals surface area contributed by atoms with E-state index in [1.165, 1.54) is 17.9 Å². The van der Waals surface area contributed by atoms with Crippen LogP contribution in [0.4, 0.5) is 8.78 Å². The molecule has 3 N–H and O–H groups in total. The molecule has 1 aliphatic carbocycles. The molecule has 2 rings (SSSR count). The smallest absolute Gasteiger partial charge is 0.265 e. The van der Waals surface area contributed by atoms with Crippen molar-refractivity contribution in [2.45, 2.75) is 44.6 Å². The normalized spacial score (nSPS) is 17.3. The van der Waals surface area contributed by atoms with Gasteiger partial charge in [0.25, 0.3) is 12.3 Å². The van der Waals surface area contributed by atoms with Crippen LogP contribution in [0, 0.1) is 5.92 Å². The number of halogens is 3. The largest absolute Gasteiger partial charge is 0.347 e. The first-order chi connectivity index (χ1) is 9.63. The molecule has 1 aliphatic rings. The molecule has 0 spiro atoms. The minimum atomic E-state index is -2.62. The summed E-state index contributed by atoms with van der Waals surface area (Å²) in [4.78, 5) is 12.3. The molecule has 3 nitrogen and oxygen atoms in total. The second-order valence-electron chi connectivity index (χ2n) is 5.22. The number of thiophene rings is 1. The molecule has 120 valence electrons. The number of alkyl halides is 2. The molecule has 1 atom stereocenters. The van der Waals surface area contributed by atoms with Crippen LogP contribution < -0.4 is 11.1 Å². The Bertz CT molecular complexity index is 450. The van der Waals surface area contributed by atoms with Crippen molar-refractivity contribution in [3.8, 4) is 0 Å². The SMILES string of the molecule is Cl.NC[C@H](NC(=O)c1sccc1C(F)F)C1CCCCC1. The van der Waals surface area contributed by atoms with Crippen molar-refractivity contribution < 1.29 is 13.6 Å². The Morgan fingerprint density at radius 3 is 2.62 bits per heavy atom. The Morgan fingerprint density at radius 1 is 1.38 bits per heavy atom. The minimum absolute atomic E-state index is 0. The molecule has 1 heterocycles. The summed E-state index contributed by atoms with van der Waals surface area (Å²) in [7, 11) is 0. The fourth-order valence-corrected chi connectivity index (χ4v) is 3.63. The molecule has 1 aromatic heterocycles. The van der Waals surface area contributed by atoms with Gasteiger partial charge in [0.2, 0.25) is 0 Å². The lowest BCUT2D eigenvalue weighted by atomic mass is 9.84. The van der Waals surface area contributed by atoms with Gasteiger partial charge in [0.1, 0.15) is 4.88 Å². The van der Waals surface area contributed by atoms with Gasteiger partial charge in [-0.1, -0.05) is 19.3 Å². The topological polar surface area (TPSA) is 55.1 Å². The van der Waals surface area contributed by atoms with Crippen molar-refractivity contribution in [1.82, 2.24) is 5.32 Å². The third-order valence-corrected chi connectivity index (χ3v) is 4.86. The molecule has 21 heavy (non-hydrogen) atoms. The maximum atomic E-state index is 12.8. The highest BCUT2D eigenvalue weighted by molar-refractivity contribution is 7.12. The minimum Gasteiger partial charge on any atom is -0.347 e. The maximum absolute atomic E-state index is 12.8. The van der Waals surface area contributed by atoms with Crippen LogP contribution >= 0.6 is 23.7 Å². The van der Waals surface area contributed by atoms with Gasteiger partial charge in [-0.2, -0.15) is 0 Å². The van der Waals surface area contributed by atoms with E-state index in [9.17, 15) is 13.6 Å². The average Bonchev–Trinajstić information content (AvgIpc) is 2.95. The van der Waals surface area contributed by atoms with Crippen molar-refractivity contribution >= 4 is 29.7 Å². The van der Waals surface area contributed by atoms with Gasteiger partial charge in [-0.05, 0) is 30.2 Å². The van der Waals surface area contributed by atoms with E-state index in [0.717, 1.165) is 37.0 Å². The van der Waals surface area contributed by atoms with Crippen molar-refractivity contribution in [3.05, 3.63) is 21.9 Å². The molecule has 0 aliphatic heterocycles. The number of hydrogen-bond donors (Lipinski definition) is 2. The Hall–Kier alpha value is -0.720. The number of carbonyl (C=O) groups excluding carboxylic acids is 1. The maximum Gasteiger partial charge on any atom is 0.265 e. The third kappa shape index (κ3) is 4.63. The van der Waals surface area contributed by atoms with E-state index in [4.69, 9.17) is 5.73 Å². The van der Waals surface area contributed by atoms with Gasteiger partial charge in [-0.15, -0.1) is 23.7 Å². The Labute approximate surface area is 133 Å². The fourth-order valence-electron chi connectivity index (χ4n) is 2.82. The molecule has 0 saturated heterocycles. The number of nitrogens with two attached hydrogens (primary N) is 1. The van der Waals surface area contributed by atoms with Crippen molar-refractivity contribution in [2.24, 2.45) is 11.7 Å². The summed E-state index contributed by atoms with van der Waals surface area (Å²) in [5, 5.41) is 4.37. The van der Waals surface area contributed by atoms with Gasteiger partial charge in [0.15, 0.2) is 0 Å². The molecule has 0 aromatic carbocycles. The standard InChI is InChI=1S/C14H20F2N2OS.ClH/c15-13(16)10-6-7-20-12(10)14(19)18-11(8-17)9-4-2-1-3-5-9;/h6-7,9,11,13H,1-5,8,17H2,(H,18,19);1H/t11-;/m0./s1. The van der Waals surface area contributed by atoms with Gasteiger partial charge in [-0.3, -0.25) is 4.79 Å². The van der Waals surface area contributed by atoms with Crippen molar-refractivity contribution in [3.63, 3.8) is 0 Å². The number of rotatable bonds is 5. The van der Waals surface area contributed by atoms with Gasteiger partial charge >= 0.3 is 0 Å². The number of hydrogen-bond acceptors (Lipinski definition) is 3. The number of carbonyl (C=O) groups is 1. The van der Waals surface area contributed by atoms with E-state index in [2.05, 4.69) is 5.32 Å². The van der Waals surface area contributed by atoms with Crippen LogP contribution in [0.1, 0.15) is 53.8 Å². The second kappa shape index (κ2) is 8.66. The van der Waals surface area contributed by atoms with Crippen LogP contribution in [0.25, 0.3) is 0 Å². The summed E-state index contributed by atoms with van der Waals surface area (Å²) in [6.07, 6.45) is 3.01. The molecule has 1 aromatic rings. The summed E-state index contributed by atoms with van der Waals surface area (Å²) in [6, 6.07) is 1.19. The van der Waals surface area contributed by atoms with E-state index in [1.54, 1.807) is 0 Å². The van der Waals surface area contributed by atoms with Crippen LogP contribution in [0.15, 0.2) is 11.4 Å². The predicted octanol–water partition coefficient (Wildman–Crippen LogP) is 3.74. The Kier molecular flexibility index (Phi) is 7.56. The molecule has 7 heteroatoms. The summed E-state index contributed by atoms with van der Waals surface area (Å²) in [5.74, 6) is -0.0519. The quantitative estimate of drug-likeness (QED) is 0.859. The van der Waals surface area contributed by atoms with Crippen LogP contribution in [0.2, 0.25) is 0 Å². The zero-order chi connectivity index (χ0) is 14.5. The highest BCUT2D eigenvalue weighted by Gasteiger charge is 2.26. The molecular weight excluding hydrogens is 318 g/mol. The lowest BCUT2D eigenvalue weighted by Gasteiger charge is -2.30.